The number of hydrogen-bond acceptors (Lipinski definition) is 7. The molecule has 0 aliphatic carbocycles. The van der Waals surface area contributed by atoms with Crippen LogP contribution in [0.1, 0.15) is 50.1 Å². The summed E-state index contributed by atoms with van der Waals surface area (Å²) in [5, 5.41) is 10.1. The summed E-state index contributed by atoms with van der Waals surface area (Å²) in [7, 11) is -3.49. The third-order valence-corrected chi connectivity index (χ3v) is 6.88. The molecular formula is C22H28F3N5O4S. The van der Waals surface area contributed by atoms with Gasteiger partial charge in [-0.1, -0.05) is 0 Å². The Balaban J connectivity index is 1.55. The first-order valence-electron chi connectivity index (χ1n) is 11.1. The third kappa shape index (κ3) is 5.62. The molecule has 0 saturated carbocycles. The predicted octanol–water partition coefficient (Wildman–Crippen LogP) is 2.42. The molecule has 13 heteroatoms. The van der Waals surface area contributed by atoms with Crippen molar-refractivity contribution in [2.45, 2.75) is 64.0 Å². The van der Waals surface area contributed by atoms with Crippen molar-refractivity contribution in [1.82, 2.24) is 24.7 Å². The van der Waals surface area contributed by atoms with Crippen LogP contribution in [0.4, 0.5) is 18.0 Å². The summed E-state index contributed by atoms with van der Waals surface area (Å²) in [5.74, 6) is -3.40. The molecule has 2 N–H and O–H groups in total. The van der Waals surface area contributed by atoms with Gasteiger partial charge in [-0.25, -0.2) is 26.4 Å². The van der Waals surface area contributed by atoms with E-state index in [0.29, 0.717) is 37.8 Å². The number of benzene rings is 1. The van der Waals surface area contributed by atoms with E-state index in [0.717, 1.165) is 22.0 Å². The topological polar surface area (TPSA) is 106 Å². The number of piperidine rings is 1. The monoisotopic (exact) mass is 515 g/mol. The van der Waals surface area contributed by atoms with Gasteiger partial charge in [-0.15, -0.1) is 0 Å². The molecule has 1 saturated heterocycles. The zero-order valence-corrected chi connectivity index (χ0v) is 20.6. The van der Waals surface area contributed by atoms with E-state index in [2.05, 4.69) is 20.6 Å². The molecule has 1 unspecified atom stereocenters. The summed E-state index contributed by atoms with van der Waals surface area (Å²) < 4.78 is 71.9. The zero-order valence-electron chi connectivity index (χ0n) is 19.8. The van der Waals surface area contributed by atoms with E-state index < -0.39 is 51.3 Å². The minimum Gasteiger partial charge on any atom is -0.444 e. The van der Waals surface area contributed by atoms with E-state index in [4.69, 9.17) is 4.74 Å². The van der Waals surface area contributed by atoms with Gasteiger partial charge in [-0.2, -0.15) is 9.19 Å². The molecule has 0 spiro atoms. The molecule has 3 atom stereocenters. The summed E-state index contributed by atoms with van der Waals surface area (Å²) in [5.41, 5.74) is 0.552. The Bertz CT molecular complexity index is 1220. The Hall–Kier alpha value is -2.64. The van der Waals surface area contributed by atoms with E-state index in [1.54, 1.807) is 20.8 Å². The average Bonchev–Trinajstić information content (AvgIpc) is 3.29. The lowest BCUT2D eigenvalue weighted by atomic mass is 9.89. The molecule has 0 bridgehead atoms. The Morgan fingerprint density at radius 2 is 1.86 bits per heavy atom. The highest BCUT2D eigenvalue weighted by Gasteiger charge is 2.39. The summed E-state index contributed by atoms with van der Waals surface area (Å²) in [6.07, 6.45) is 2.19. The fourth-order valence-electron chi connectivity index (χ4n) is 4.48. The first-order valence-corrected chi connectivity index (χ1v) is 13.0. The highest BCUT2D eigenvalue weighted by molar-refractivity contribution is 7.89. The minimum absolute atomic E-state index is 0.0995. The number of rotatable bonds is 4. The van der Waals surface area contributed by atoms with Gasteiger partial charge in [-0.05, 0) is 33.3 Å². The molecule has 35 heavy (non-hydrogen) atoms. The van der Waals surface area contributed by atoms with E-state index >= 15 is 0 Å². The predicted molar refractivity (Wildman–Crippen MR) is 120 cm³/mol. The molecule has 9 nitrogen and oxygen atoms in total. The number of ether oxygens (including phenoxy) is 1. The highest BCUT2D eigenvalue weighted by atomic mass is 32.2. The van der Waals surface area contributed by atoms with Crippen molar-refractivity contribution in [2.24, 2.45) is 0 Å². The largest absolute Gasteiger partial charge is 0.444 e. The van der Waals surface area contributed by atoms with Crippen molar-refractivity contribution in [1.29, 1.82) is 0 Å². The van der Waals surface area contributed by atoms with Crippen LogP contribution < -0.4 is 10.6 Å². The van der Waals surface area contributed by atoms with Crippen LogP contribution in [0.15, 0.2) is 18.3 Å². The van der Waals surface area contributed by atoms with Gasteiger partial charge < -0.3 is 15.4 Å². The van der Waals surface area contributed by atoms with Crippen molar-refractivity contribution in [2.75, 3.05) is 12.8 Å². The molecule has 2 aliphatic heterocycles. The van der Waals surface area contributed by atoms with Crippen LogP contribution in [0.2, 0.25) is 0 Å². The molecule has 2 aromatic rings. The number of halogens is 3. The van der Waals surface area contributed by atoms with Crippen molar-refractivity contribution in [3.8, 4) is 0 Å². The van der Waals surface area contributed by atoms with Crippen LogP contribution in [-0.2, 0) is 27.8 Å². The van der Waals surface area contributed by atoms with E-state index in [-0.39, 0.29) is 11.6 Å². The van der Waals surface area contributed by atoms with Crippen molar-refractivity contribution >= 4 is 16.1 Å². The summed E-state index contributed by atoms with van der Waals surface area (Å²) in [4.78, 5) is 14.6. The van der Waals surface area contributed by atoms with Crippen LogP contribution >= 0.6 is 0 Å². The van der Waals surface area contributed by atoms with Gasteiger partial charge in [0, 0.05) is 49.1 Å². The van der Waals surface area contributed by atoms with E-state index in [9.17, 15) is 26.4 Å². The molecule has 3 heterocycles. The second-order valence-electron chi connectivity index (χ2n) is 9.96. The minimum atomic E-state index is -3.49. The molecule has 0 radical (unpaired) electrons. The summed E-state index contributed by atoms with van der Waals surface area (Å²) in [6.45, 7) is 6.33. The number of amides is 1. The molecule has 1 aromatic heterocycles. The van der Waals surface area contributed by atoms with Gasteiger partial charge in [0.2, 0.25) is 0 Å². The first-order chi connectivity index (χ1) is 16.2. The number of alkyl carbamates (subject to hydrolysis) is 1. The molecule has 1 aromatic carbocycles. The summed E-state index contributed by atoms with van der Waals surface area (Å²) in [6, 6.07) is -0.380. The lowest BCUT2D eigenvalue weighted by Gasteiger charge is -2.41. The average molecular weight is 516 g/mol. The van der Waals surface area contributed by atoms with Crippen molar-refractivity contribution in [3.05, 3.63) is 52.6 Å². The van der Waals surface area contributed by atoms with Crippen LogP contribution in [-0.4, -0.2) is 59.1 Å². The number of fused-ring (bicyclic) bond motifs is 1. The smallest absolute Gasteiger partial charge is 0.407 e. The Kier molecular flexibility index (Phi) is 6.62. The van der Waals surface area contributed by atoms with Gasteiger partial charge in [0.15, 0.2) is 11.6 Å². The first kappa shape index (κ1) is 25.5. The SMILES string of the molecule is CC(C)(C)OC(=O)N[C@H]1C[C@@H](N2Cc3cn(S(C)(=O)=O)nc3C2)CNC1c1cc(F)c(F)cc1F. The number of carbonyl (C=O) groups is 1. The second kappa shape index (κ2) is 9.10. The van der Waals surface area contributed by atoms with Gasteiger partial charge in [0.25, 0.3) is 10.0 Å². The summed E-state index contributed by atoms with van der Waals surface area (Å²) >= 11 is 0. The quantitative estimate of drug-likeness (QED) is 0.603. The van der Waals surface area contributed by atoms with Gasteiger partial charge in [0.1, 0.15) is 11.4 Å². The molecule has 2 aliphatic rings. The Morgan fingerprint density at radius 3 is 2.49 bits per heavy atom. The normalized spacial score (nSPS) is 23.2. The van der Waals surface area contributed by atoms with Crippen LogP contribution in [0, 0.1) is 17.5 Å². The van der Waals surface area contributed by atoms with Crippen LogP contribution in [0.5, 0.6) is 0 Å². The number of carbonyl (C=O) groups excluding carboxylic acids is 1. The van der Waals surface area contributed by atoms with Crippen molar-refractivity contribution < 1.29 is 31.1 Å². The highest BCUT2D eigenvalue weighted by Crippen LogP contribution is 2.32. The molecular weight excluding hydrogens is 487 g/mol. The maximum Gasteiger partial charge on any atom is 0.407 e. The van der Waals surface area contributed by atoms with E-state index in [1.165, 1.54) is 6.20 Å². The zero-order chi connectivity index (χ0) is 25.7. The lowest BCUT2D eigenvalue weighted by Crippen LogP contribution is -2.57. The maximum atomic E-state index is 14.6. The number of hydrogen-bond donors (Lipinski definition) is 2. The second-order valence-corrected chi connectivity index (χ2v) is 11.8. The Labute approximate surface area is 201 Å². The van der Waals surface area contributed by atoms with Crippen molar-refractivity contribution in [3.63, 3.8) is 0 Å². The van der Waals surface area contributed by atoms with Crippen LogP contribution in [0.25, 0.3) is 0 Å². The molecule has 192 valence electrons. The third-order valence-electron chi connectivity index (χ3n) is 6.02. The van der Waals surface area contributed by atoms with Crippen LogP contribution in [0.3, 0.4) is 0 Å². The lowest BCUT2D eigenvalue weighted by molar-refractivity contribution is 0.0445. The Morgan fingerprint density at radius 1 is 1.17 bits per heavy atom. The molecule has 1 amide bonds. The fourth-order valence-corrected chi connectivity index (χ4v) is 5.05. The van der Waals surface area contributed by atoms with Gasteiger partial charge in [0.05, 0.1) is 24.0 Å². The molecule has 1 fully saturated rings. The standard InChI is InChI=1S/C22H28F3N5O4S/c1-22(2,3)34-21(31)27-18-5-13(8-26-20(18)14-6-16(24)17(25)7-15(14)23)29-9-12-10-30(35(4,32)33)28-19(12)11-29/h6-7,10,13,18,20,26H,5,8-9,11H2,1-4H3,(H,27,31)/t13-,18+,20?/m1/s1. The van der Waals surface area contributed by atoms with Gasteiger partial charge in [-0.3, -0.25) is 4.90 Å². The van der Waals surface area contributed by atoms with E-state index in [1.807, 2.05) is 0 Å². The number of nitrogens with one attached hydrogen (secondary N) is 2. The number of nitrogens with zero attached hydrogens (tertiary/aromatic N) is 3. The number of aromatic nitrogens is 2. The maximum absolute atomic E-state index is 14.6. The fraction of sp³-hybridized carbons (Fsp3) is 0.545. The molecule has 4 rings (SSSR count). The van der Waals surface area contributed by atoms with Gasteiger partial charge >= 0.3 is 6.09 Å².